The van der Waals surface area contributed by atoms with Crippen LogP contribution in [0.2, 0.25) is 0 Å². The number of fused-ring (bicyclic) bond motifs is 3. The Labute approximate surface area is 186 Å². The van der Waals surface area contributed by atoms with Crippen LogP contribution in [0.25, 0.3) is 11.1 Å². The second kappa shape index (κ2) is 11.2. The van der Waals surface area contributed by atoms with Crippen molar-refractivity contribution in [2.75, 3.05) is 52.5 Å². The van der Waals surface area contributed by atoms with Gasteiger partial charge in [-0.3, -0.25) is 0 Å². The number of benzene rings is 2. The van der Waals surface area contributed by atoms with Crippen molar-refractivity contribution in [3.8, 4) is 22.6 Å². The monoisotopic (exact) mass is 427 g/mol. The molecule has 0 heterocycles. The lowest BCUT2D eigenvalue weighted by Crippen LogP contribution is -3.12. The van der Waals surface area contributed by atoms with E-state index < -0.39 is 0 Å². The normalized spacial score (nSPS) is 12.3. The van der Waals surface area contributed by atoms with Crippen molar-refractivity contribution in [1.82, 2.24) is 0 Å². The highest BCUT2D eigenvalue weighted by Gasteiger charge is 2.26. The standard InChI is InChI=1S/C25H35N3O3/c1-5-27(6-2)13-15-30-19-9-11-21-22-12-10-20(31-16-14-28(7-3)8-4)18-24(22)25(26-29)23(21)17-19/h9-12,17-18,29H,5-8,13-16H2,1-4H3/p+2. The van der Waals surface area contributed by atoms with Gasteiger partial charge >= 0.3 is 0 Å². The third kappa shape index (κ3) is 5.38. The van der Waals surface area contributed by atoms with Crippen LogP contribution in [0.3, 0.4) is 0 Å². The minimum atomic E-state index is 0.574. The molecule has 2 aromatic carbocycles. The van der Waals surface area contributed by atoms with E-state index in [0.717, 1.165) is 73.0 Å². The Balaban J connectivity index is 1.71. The van der Waals surface area contributed by atoms with Crippen LogP contribution in [0.4, 0.5) is 0 Å². The van der Waals surface area contributed by atoms with E-state index in [0.29, 0.717) is 18.9 Å². The Morgan fingerprint density at radius 1 is 0.677 bits per heavy atom. The fraction of sp³-hybridized carbons (Fsp3) is 0.480. The van der Waals surface area contributed by atoms with Gasteiger partial charge in [0.15, 0.2) is 0 Å². The second-order valence-corrected chi connectivity index (χ2v) is 7.97. The molecule has 0 saturated heterocycles. The van der Waals surface area contributed by atoms with Gasteiger partial charge in [0.2, 0.25) is 0 Å². The topological polar surface area (TPSA) is 59.9 Å². The third-order valence-corrected chi connectivity index (χ3v) is 6.33. The van der Waals surface area contributed by atoms with Gasteiger partial charge in [0.25, 0.3) is 0 Å². The SMILES string of the molecule is CC[NH+](CC)CCOc1ccc2c(c1)C(=NO)c1cc(OCC[NH+](CC)CC)ccc1-2. The van der Waals surface area contributed by atoms with Crippen LogP contribution in [0.1, 0.15) is 38.8 Å². The van der Waals surface area contributed by atoms with Gasteiger partial charge in [-0.1, -0.05) is 5.16 Å². The molecule has 0 bridgehead atoms. The maximum Gasteiger partial charge on any atom is 0.137 e. The molecule has 168 valence electrons. The highest BCUT2D eigenvalue weighted by Crippen LogP contribution is 2.40. The highest BCUT2D eigenvalue weighted by atomic mass is 16.5. The molecule has 0 unspecified atom stereocenters. The summed E-state index contributed by atoms with van der Waals surface area (Å²) in [4.78, 5) is 3.03. The Bertz CT molecular complexity index is 820. The smallest absolute Gasteiger partial charge is 0.137 e. The lowest BCUT2D eigenvalue weighted by Gasteiger charge is -2.16. The summed E-state index contributed by atoms with van der Waals surface area (Å²) in [6, 6.07) is 12.1. The van der Waals surface area contributed by atoms with Gasteiger partial charge in [0.1, 0.15) is 43.5 Å². The molecule has 3 rings (SSSR count). The molecule has 0 saturated carbocycles. The number of ether oxygens (including phenoxy) is 2. The summed E-state index contributed by atoms with van der Waals surface area (Å²) in [5.41, 5.74) is 4.49. The van der Waals surface area contributed by atoms with E-state index in [1.807, 2.05) is 24.3 Å². The third-order valence-electron chi connectivity index (χ3n) is 6.33. The first-order valence-corrected chi connectivity index (χ1v) is 11.6. The van der Waals surface area contributed by atoms with Gasteiger partial charge in [-0.05, 0) is 75.2 Å². The Morgan fingerprint density at radius 2 is 1.10 bits per heavy atom. The van der Waals surface area contributed by atoms with E-state index in [1.54, 1.807) is 0 Å². The fourth-order valence-electron chi connectivity index (χ4n) is 4.17. The summed E-state index contributed by atoms with van der Waals surface area (Å²) in [5.74, 6) is 1.61. The van der Waals surface area contributed by atoms with Crippen LogP contribution in [-0.2, 0) is 0 Å². The van der Waals surface area contributed by atoms with Crippen LogP contribution in [0.15, 0.2) is 41.6 Å². The van der Waals surface area contributed by atoms with E-state index in [1.165, 1.54) is 9.80 Å². The van der Waals surface area contributed by atoms with E-state index in [-0.39, 0.29) is 0 Å². The summed E-state index contributed by atoms with van der Waals surface area (Å²) < 4.78 is 12.0. The number of hydrogen-bond donors (Lipinski definition) is 3. The van der Waals surface area contributed by atoms with Crippen molar-refractivity contribution in [2.45, 2.75) is 27.7 Å². The molecule has 31 heavy (non-hydrogen) atoms. The first-order valence-electron chi connectivity index (χ1n) is 11.6. The number of nitrogens with one attached hydrogen (secondary N) is 2. The number of quaternary nitrogens is 2. The molecule has 0 amide bonds. The summed E-state index contributed by atoms with van der Waals surface area (Å²) in [6.07, 6.45) is 0. The largest absolute Gasteiger partial charge is 0.488 e. The Kier molecular flexibility index (Phi) is 8.32. The van der Waals surface area contributed by atoms with Crippen molar-refractivity contribution in [3.05, 3.63) is 47.5 Å². The van der Waals surface area contributed by atoms with Crippen molar-refractivity contribution < 1.29 is 24.5 Å². The van der Waals surface area contributed by atoms with Gasteiger partial charge in [0.05, 0.1) is 26.2 Å². The van der Waals surface area contributed by atoms with Crippen molar-refractivity contribution in [2.24, 2.45) is 5.16 Å². The van der Waals surface area contributed by atoms with Gasteiger partial charge in [0, 0.05) is 11.1 Å². The number of hydrogen-bond acceptors (Lipinski definition) is 4. The molecular formula is C25H37N3O3+2. The summed E-state index contributed by atoms with van der Waals surface area (Å²) in [5, 5.41) is 13.4. The highest BCUT2D eigenvalue weighted by molar-refractivity contribution is 6.24. The van der Waals surface area contributed by atoms with E-state index in [4.69, 9.17) is 9.47 Å². The zero-order chi connectivity index (χ0) is 22.2. The van der Waals surface area contributed by atoms with Crippen LogP contribution in [-0.4, -0.2) is 63.4 Å². The molecule has 2 aromatic rings. The van der Waals surface area contributed by atoms with Gasteiger partial charge < -0.3 is 24.5 Å². The zero-order valence-corrected chi connectivity index (χ0v) is 19.3. The summed E-state index contributed by atoms with van der Waals surface area (Å²) >= 11 is 0. The van der Waals surface area contributed by atoms with Crippen molar-refractivity contribution in [1.29, 1.82) is 0 Å². The van der Waals surface area contributed by atoms with Crippen LogP contribution < -0.4 is 19.3 Å². The average Bonchev–Trinajstić information content (AvgIpc) is 3.11. The minimum absolute atomic E-state index is 0.574. The van der Waals surface area contributed by atoms with Gasteiger partial charge in [-0.2, -0.15) is 0 Å². The molecule has 0 radical (unpaired) electrons. The van der Waals surface area contributed by atoms with Gasteiger partial charge in [-0.25, -0.2) is 0 Å². The first kappa shape index (κ1) is 23.1. The van der Waals surface area contributed by atoms with Crippen molar-refractivity contribution >= 4 is 5.71 Å². The van der Waals surface area contributed by atoms with E-state index >= 15 is 0 Å². The van der Waals surface area contributed by atoms with Crippen LogP contribution in [0, 0.1) is 0 Å². The molecule has 1 aliphatic rings. The molecule has 3 N–H and O–H groups in total. The van der Waals surface area contributed by atoms with Gasteiger partial charge in [-0.15, -0.1) is 0 Å². The molecule has 1 aliphatic carbocycles. The lowest BCUT2D eigenvalue weighted by molar-refractivity contribution is -0.896. The van der Waals surface area contributed by atoms with Crippen molar-refractivity contribution in [3.63, 3.8) is 0 Å². The number of likely N-dealkylation sites (N-methyl/N-ethyl adjacent to an activating group) is 2. The lowest BCUT2D eigenvalue weighted by atomic mass is 10.1. The average molecular weight is 428 g/mol. The quantitative estimate of drug-likeness (QED) is 0.303. The number of rotatable bonds is 12. The molecule has 6 heteroatoms. The number of nitrogens with zero attached hydrogens (tertiary/aromatic N) is 1. The molecular weight excluding hydrogens is 390 g/mol. The molecule has 0 aromatic heterocycles. The summed E-state index contributed by atoms with van der Waals surface area (Å²) in [6.45, 7) is 16.4. The molecule has 0 atom stereocenters. The predicted molar refractivity (Wildman–Crippen MR) is 124 cm³/mol. The summed E-state index contributed by atoms with van der Waals surface area (Å²) in [7, 11) is 0. The maximum atomic E-state index is 9.77. The van der Waals surface area contributed by atoms with E-state index in [2.05, 4.69) is 45.0 Å². The Hall–Kier alpha value is -2.57. The maximum absolute atomic E-state index is 9.77. The second-order valence-electron chi connectivity index (χ2n) is 7.97. The predicted octanol–water partition coefficient (Wildman–Crippen LogP) is 1.50. The zero-order valence-electron chi connectivity index (χ0n) is 19.3. The molecule has 0 spiro atoms. The van der Waals surface area contributed by atoms with E-state index in [9.17, 15) is 5.21 Å². The Morgan fingerprint density at radius 3 is 1.45 bits per heavy atom. The molecule has 0 aliphatic heterocycles. The first-order chi connectivity index (χ1) is 15.1. The van der Waals surface area contributed by atoms with Crippen LogP contribution >= 0.6 is 0 Å². The minimum Gasteiger partial charge on any atom is -0.488 e. The number of oxime groups is 1. The fourth-order valence-corrected chi connectivity index (χ4v) is 4.17. The van der Waals surface area contributed by atoms with Crippen LogP contribution in [0.5, 0.6) is 11.5 Å². The molecule has 6 nitrogen and oxygen atoms in total. The molecule has 0 fully saturated rings.